The molecule has 0 spiro atoms. The van der Waals surface area contributed by atoms with Gasteiger partial charge in [0.15, 0.2) is 5.82 Å². The van der Waals surface area contributed by atoms with Gasteiger partial charge in [-0.15, -0.1) is 0 Å². The molecule has 0 aliphatic heterocycles. The Morgan fingerprint density at radius 2 is 2.27 bits per heavy atom. The number of hydrogen-bond donors (Lipinski definition) is 1. The van der Waals surface area contributed by atoms with E-state index >= 15 is 0 Å². The summed E-state index contributed by atoms with van der Waals surface area (Å²) in [6.45, 7) is 1.82. The van der Waals surface area contributed by atoms with Crippen LogP contribution in [0.25, 0.3) is 0 Å². The van der Waals surface area contributed by atoms with Crippen LogP contribution in [-0.2, 0) is 9.68 Å². The lowest BCUT2D eigenvalue weighted by molar-refractivity contribution is -0.214. The van der Waals surface area contributed by atoms with Gasteiger partial charge < -0.3 is 5.73 Å². The quantitative estimate of drug-likeness (QED) is 0.472. The maximum absolute atomic E-state index is 13.1. The van der Waals surface area contributed by atoms with Crippen LogP contribution >= 0.6 is 0 Å². The first-order chi connectivity index (χ1) is 7.13. The number of halogens is 1. The second-order valence-corrected chi connectivity index (χ2v) is 2.98. The Morgan fingerprint density at radius 3 is 2.87 bits per heavy atom. The molecule has 0 saturated heterocycles. The second kappa shape index (κ2) is 5.19. The lowest BCUT2D eigenvalue weighted by Gasteiger charge is -2.04. The van der Waals surface area contributed by atoms with E-state index in [1.54, 1.807) is 0 Å². The van der Waals surface area contributed by atoms with Crippen molar-refractivity contribution in [2.45, 2.75) is 19.8 Å². The van der Waals surface area contributed by atoms with Crippen molar-refractivity contribution >= 4 is 11.7 Å². The fourth-order valence-electron chi connectivity index (χ4n) is 0.922. The summed E-state index contributed by atoms with van der Waals surface area (Å²) in [5, 5.41) is 0. The van der Waals surface area contributed by atoms with Crippen molar-refractivity contribution in [1.82, 2.24) is 0 Å². The van der Waals surface area contributed by atoms with Crippen LogP contribution in [0.4, 0.5) is 10.1 Å². The number of nitrogens with two attached hydrogens (primary N) is 1. The number of carbonyl (C=O) groups is 1. The van der Waals surface area contributed by atoms with Crippen LogP contribution in [-0.4, -0.2) is 5.97 Å². The molecule has 0 aliphatic carbocycles. The Labute approximate surface area is 86.7 Å². The molecule has 5 heteroatoms. The molecule has 15 heavy (non-hydrogen) atoms. The number of hydrogen-bond acceptors (Lipinski definition) is 4. The highest BCUT2D eigenvalue weighted by atomic mass is 19.1. The van der Waals surface area contributed by atoms with Crippen LogP contribution in [0.2, 0.25) is 0 Å². The highest BCUT2D eigenvalue weighted by Crippen LogP contribution is 2.19. The summed E-state index contributed by atoms with van der Waals surface area (Å²) in [6.07, 6.45) is 0.878. The standard InChI is InChI=1S/C10H12FNO3/c1-2-3-10(13)15-14-9-5-4-7(12)6-8(9)11/h4-6H,2-3,12H2,1H3. The average Bonchev–Trinajstić information content (AvgIpc) is 2.17. The summed E-state index contributed by atoms with van der Waals surface area (Å²) in [6, 6.07) is 3.83. The monoisotopic (exact) mass is 213 g/mol. The smallest absolute Gasteiger partial charge is 0.355 e. The van der Waals surface area contributed by atoms with E-state index in [-0.39, 0.29) is 17.9 Å². The summed E-state index contributed by atoms with van der Waals surface area (Å²) in [7, 11) is 0. The first-order valence-corrected chi connectivity index (χ1v) is 4.56. The zero-order valence-electron chi connectivity index (χ0n) is 8.33. The molecule has 0 aliphatic rings. The second-order valence-electron chi connectivity index (χ2n) is 2.98. The van der Waals surface area contributed by atoms with E-state index in [2.05, 4.69) is 9.78 Å². The number of nitrogen functional groups attached to an aromatic ring is 1. The van der Waals surface area contributed by atoms with Gasteiger partial charge in [0.05, 0.1) is 0 Å². The highest BCUT2D eigenvalue weighted by Gasteiger charge is 2.08. The van der Waals surface area contributed by atoms with Gasteiger partial charge in [-0.2, -0.15) is 0 Å². The Kier molecular flexibility index (Phi) is 3.91. The molecule has 1 rings (SSSR count). The highest BCUT2D eigenvalue weighted by molar-refractivity contribution is 5.68. The molecule has 0 saturated carbocycles. The van der Waals surface area contributed by atoms with Gasteiger partial charge in [0, 0.05) is 18.2 Å². The molecule has 0 amide bonds. The SMILES string of the molecule is CCCC(=O)OOc1ccc(N)cc1F. The summed E-state index contributed by atoms with van der Waals surface area (Å²) in [4.78, 5) is 19.8. The number of rotatable bonds is 4. The van der Waals surface area contributed by atoms with Gasteiger partial charge in [-0.05, 0) is 18.6 Å². The van der Waals surface area contributed by atoms with Crippen LogP contribution in [0.3, 0.4) is 0 Å². The third-order valence-electron chi connectivity index (χ3n) is 1.63. The molecule has 0 aromatic heterocycles. The molecular weight excluding hydrogens is 201 g/mol. The third kappa shape index (κ3) is 3.46. The largest absolute Gasteiger partial charge is 0.399 e. The number of benzene rings is 1. The van der Waals surface area contributed by atoms with Gasteiger partial charge in [0.2, 0.25) is 5.75 Å². The summed E-state index contributed by atoms with van der Waals surface area (Å²) in [5.74, 6) is -1.36. The van der Waals surface area contributed by atoms with E-state index in [9.17, 15) is 9.18 Å². The maximum atomic E-state index is 13.1. The predicted molar refractivity (Wildman–Crippen MR) is 52.4 cm³/mol. The molecular formula is C10H12FNO3. The van der Waals surface area contributed by atoms with E-state index in [1.165, 1.54) is 12.1 Å². The van der Waals surface area contributed by atoms with Gasteiger partial charge in [-0.1, -0.05) is 6.92 Å². The minimum atomic E-state index is -0.667. The lowest BCUT2D eigenvalue weighted by atomic mass is 10.3. The normalized spacial score (nSPS) is 9.73. The van der Waals surface area contributed by atoms with Gasteiger partial charge in [-0.25, -0.2) is 9.18 Å². The van der Waals surface area contributed by atoms with E-state index in [0.29, 0.717) is 6.42 Å². The molecule has 0 atom stereocenters. The predicted octanol–water partition coefficient (Wildman–Crippen LogP) is 2.04. The molecule has 82 valence electrons. The van der Waals surface area contributed by atoms with Crippen molar-refractivity contribution < 1.29 is 19.0 Å². The fourth-order valence-corrected chi connectivity index (χ4v) is 0.922. The minimum Gasteiger partial charge on any atom is -0.399 e. The van der Waals surface area contributed by atoms with Crippen molar-refractivity contribution in [2.75, 3.05) is 5.73 Å². The van der Waals surface area contributed by atoms with Crippen molar-refractivity contribution in [3.05, 3.63) is 24.0 Å². The van der Waals surface area contributed by atoms with E-state index in [4.69, 9.17) is 5.73 Å². The molecule has 1 aromatic carbocycles. The zero-order valence-corrected chi connectivity index (χ0v) is 8.33. The first-order valence-electron chi connectivity index (χ1n) is 4.56. The van der Waals surface area contributed by atoms with E-state index in [1.807, 2.05) is 6.92 Å². The topological polar surface area (TPSA) is 61.5 Å². The van der Waals surface area contributed by atoms with Crippen LogP contribution in [0, 0.1) is 5.82 Å². The number of anilines is 1. The Bertz CT molecular complexity index is 355. The molecule has 1 aromatic rings. The van der Waals surface area contributed by atoms with Gasteiger partial charge in [-0.3, -0.25) is 9.78 Å². The van der Waals surface area contributed by atoms with Crippen LogP contribution in [0.5, 0.6) is 5.75 Å². The average molecular weight is 213 g/mol. The fraction of sp³-hybridized carbons (Fsp3) is 0.300. The number of carbonyl (C=O) groups excluding carboxylic acids is 1. The lowest BCUT2D eigenvalue weighted by Crippen LogP contribution is -2.08. The van der Waals surface area contributed by atoms with Gasteiger partial charge >= 0.3 is 5.97 Å². The van der Waals surface area contributed by atoms with Crippen molar-refractivity contribution in [2.24, 2.45) is 0 Å². The van der Waals surface area contributed by atoms with Crippen molar-refractivity contribution in [3.8, 4) is 5.75 Å². The maximum Gasteiger partial charge on any atom is 0.355 e. The molecule has 2 N–H and O–H groups in total. The third-order valence-corrected chi connectivity index (χ3v) is 1.63. The summed E-state index contributed by atoms with van der Waals surface area (Å²) >= 11 is 0. The molecule has 0 fully saturated rings. The minimum absolute atomic E-state index is 0.159. The molecule has 4 nitrogen and oxygen atoms in total. The molecule has 0 heterocycles. The zero-order chi connectivity index (χ0) is 11.3. The van der Waals surface area contributed by atoms with E-state index in [0.717, 1.165) is 6.07 Å². The van der Waals surface area contributed by atoms with E-state index < -0.39 is 11.8 Å². The van der Waals surface area contributed by atoms with Gasteiger partial charge in [0.25, 0.3) is 0 Å². The summed E-state index contributed by atoms with van der Waals surface area (Å²) in [5.41, 5.74) is 5.61. The molecule has 0 radical (unpaired) electrons. The van der Waals surface area contributed by atoms with Gasteiger partial charge in [0.1, 0.15) is 0 Å². The van der Waals surface area contributed by atoms with Crippen LogP contribution < -0.4 is 10.6 Å². The first kappa shape index (κ1) is 11.3. The molecule has 0 bridgehead atoms. The Morgan fingerprint density at radius 1 is 1.53 bits per heavy atom. The Balaban J connectivity index is 2.54. The van der Waals surface area contributed by atoms with Crippen molar-refractivity contribution in [3.63, 3.8) is 0 Å². The van der Waals surface area contributed by atoms with Crippen LogP contribution in [0.1, 0.15) is 19.8 Å². The Hall–Kier alpha value is -1.78. The van der Waals surface area contributed by atoms with Crippen LogP contribution in [0.15, 0.2) is 18.2 Å². The summed E-state index contributed by atoms with van der Waals surface area (Å²) < 4.78 is 13.1. The molecule has 0 unspecified atom stereocenters. The van der Waals surface area contributed by atoms with Crippen molar-refractivity contribution in [1.29, 1.82) is 0 Å².